The van der Waals surface area contributed by atoms with E-state index in [0.717, 1.165) is 0 Å². The van der Waals surface area contributed by atoms with Gasteiger partial charge in [-0.05, 0) is 25.0 Å². The van der Waals surface area contributed by atoms with E-state index in [1.165, 1.54) is 0 Å². The lowest BCUT2D eigenvalue weighted by atomic mass is 9.88. The molecule has 0 bridgehead atoms. The van der Waals surface area contributed by atoms with Crippen LogP contribution in [0, 0.1) is 5.92 Å². The van der Waals surface area contributed by atoms with Crippen molar-refractivity contribution in [1.29, 1.82) is 0 Å². The first-order chi connectivity index (χ1) is 7.49. The molecular formula is C12H19N3O. The van der Waals surface area contributed by atoms with Gasteiger partial charge in [-0.3, -0.25) is 9.78 Å². The van der Waals surface area contributed by atoms with Gasteiger partial charge in [0, 0.05) is 18.9 Å². The minimum Gasteiger partial charge on any atom is -0.345 e. The number of amides is 1. The topological polar surface area (TPSA) is 68.0 Å². The molecule has 0 aromatic carbocycles. The van der Waals surface area contributed by atoms with Crippen LogP contribution in [0.3, 0.4) is 0 Å². The molecule has 1 atom stereocenters. The number of aromatic nitrogens is 1. The highest BCUT2D eigenvalue weighted by Gasteiger charge is 2.28. The Bertz CT molecular complexity index is 351. The summed E-state index contributed by atoms with van der Waals surface area (Å²) >= 11 is 0. The van der Waals surface area contributed by atoms with Gasteiger partial charge in [0.05, 0.1) is 11.1 Å². The molecule has 0 aliphatic carbocycles. The second kappa shape index (κ2) is 5.07. The molecule has 1 amide bonds. The van der Waals surface area contributed by atoms with Crippen molar-refractivity contribution in [3.8, 4) is 0 Å². The van der Waals surface area contributed by atoms with Gasteiger partial charge >= 0.3 is 0 Å². The number of hydrogen-bond acceptors (Lipinski definition) is 3. The van der Waals surface area contributed by atoms with Crippen molar-refractivity contribution in [2.24, 2.45) is 11.7 Å². The van der Waals surface area contributed by atoms with E-state index in [-0.39, 0.29) is 17.4 Å². The minimum atomic E-state index is -0.382. The van der Waals surface area contributed by atoms with Crippen LogP contribution in [0.1, 0.15) is 31.1 Å². The van der Waals surface area contributed by atoms with Crippen molar-refractivity contribution in [2.45, 2.75) is 26.3 Å². The first-order valence-electron chi connectivity index (χ1n) is 5.42. The SMILES string of the molecule is CC(C)C(C)(CN)NC(=O)c1cccnc1. The Hall–Kier alpha value is -1.42. The van der Waals surface area contributed by atoms with Crippen molar-refractivity contribution >= 4 is 5.91 Å². The molecule has 1 aromatic rings. The zero-order chi connectivity index (χ0) is 12.2. The molecule has 0 fully saturated rings. The predicted octanol–water partition coefficient (Wildman–Crippen LogP) is 1.18. The first-order valence-corrected chi connectivity index (χ1v) is 5.42. The maximum Gasteiger partial charge on any atom is 0.253 e. The van der Waals surface area contributed by atoms with Crippen LogP contribution in [0.2, 0.25) is 0 Å². The number of nitrogens with two attached hydrogens (primary N) is 1. The van der Waals surface area contributed by atoms with Crippen LogP contribution in [-0.2, 0) is 0 Å². The lowest BCUT2D eigenvalue weighted by molar-refractivity contribution is 0.0883. The van der Waals surface area contributed by atoms with Crippen molar-refractivity contribution in [1.82, 2.24) is 10.3 Å². The molecule has 0 saturated carbocycles. The Morgan fingerprint density at radius 2 is 2.31 bits per heavy atom. The van der Waals surface area contributed by atoms with E-state index in [9.17, 15) is 4.79 Å². The van der Waals surface area contributed by atoms with Crippen LogP contribution < -0.4 is 11.1 Å². The monoisotopic (exact) mass is 221 g/mol. The van der Waals surface area contributed by atoms with Gasteiger partial charge in [-0.15, -0.1) is 0 Å². The van der Waals surface area contributed by atoms with E-state index in [1.54, 1.807) is 24.5 Å². The van der Waals surface area contributed by atoms with Crippen LogP contribution in [0.15, 0.2) is 24.5 Å². The van der Waals surface area contributed by atoms with Crippen LogP contribution in [0.4, 0.5) is 0 Å². The Balaban J connectivity index is 2.78. The number of carbonyl (C=O) groups is 1. The largest absolute Gasteiger partial charge is 0.345 e. The van der Waals surface area contributed by atoms with E-state index in [1.807, 2.05) is 20.8 Å². The van der Waals surface area contributed by atoms with E-state index < -0.39 is 0 Å². The van der Waals surface area contributed by atoms with Crippen LogP contribution in [-0.4, -0.2) is 23.0 Å². The zero-order valence-electron chi connectivity index (χ0n) is 10.0. The third-order valence-electron chi connectivity index (χ3n) is 3.02. The highest BCUT2D eigenvalue weighted by molar-refractivity contribution is 5.94. The van der Waals surface area contributed by atoms with Crippen molar-refractivity contribution in [3.63, 3.8) is 0 Å². The molecule has 3 N–H and O–H groups in total. The number of nitrogens with one attached hydrogen (secondary N) is 1. The molecule has 4 nitrogen and oxygen atoms in total. The normalized spacial score (nSPS) is 14.6. The molecule has 1 rings (SSSR count). The summed E-state index contributed by atoms with van der Waals surface area (Å²) in [5, 5.41) is 2.95. The molecule has 0 aliphatic rings. The van der Waals surface area contributed by atoms with Crippen LogP contribution >= 0.6 is 0 Å². The Kier molecular flexibility index (Phi) is 4.01. The predicted molar refractivity (Wildman–Crippen MR) is 64.0 cm³/mol. The first kappa shape index (κ1) is 12.6. The Morgan fingerprint density at radius 3 is 2.75 bits per heavy atom. The molecule has 0 spiro atoms. The summed E-state index contributed by atoms with van der Waals surface area (Å²) in [6.45, 7) is 6.44. The Labute approximate surface area is 96.3 Å². The fourth-order valence-electron chi connectivity index (χ4n) is 1.26. The standard InChI is InChI=1S/C12H19N3O/c1-9(2)12(3,8-13)15-11(16)10-5-4-6-14-7-10/h4-7,9H,8,13H2,1-3H3,(H,15,16). The molecule has 0 saturated heterocycles. The van der Waals surface area contributed by atoms with Gasteiger partial charge in [0.25, 0.3) is 5.91 Å². The quantitative estimate of drug-likeness (QED) is 0.802. The third-order valence-corrected chi connectivity index (χ3v) is 3.02. The second-order valence-corrected chi connectivity index (χ2v) is 4.47. The summed E-state index contributed by atoms with van der Waals surface area (Å²) in [6.07, 6.45) is 3.19. The molecule has 16 heavy (non-hydrogen) atoms. The van der Waals surface area contributed by atoms with Crippen molar-refractivity contribution in [2.75, 3.05) is 6.54 Å². The van der Waals surface area contributed by atoms with E-state index in [2.05, 4.69) is 10.3 Å². The molecule has 1 heterocycles. The highest BCUT2D eigenvalue weighted by atomic mass is 16.1. The van der Waals surface area contributed by atoms with Gasteiger partial charge in [0.1, 0.15) is 0 Å². The molecule has 1 aromatic heterocycles. The van der Waals surface area contributed by atoms with Gasteiger partial charge in [-0.25, -0.2) is 0 Å². The third kappa shape index (κ3) is 2.79. The van der Waals surface area contributed by atoms with Gasteiger partial charge in [0.2, 0.25) is 0 Å². The molecule has 0 radical (unpaired) electrons. The van der Waals surface area contributed by atoms with E-state index >= 15 is 0 Å². The van der Waals surface area contributed by atoms with E-state index in [4.69, 9.17) is 5.73 Å². The molecule has 1 unspecified atom stereocenters. The number of pyridine rings is 1. The molecule has 88 valence electrons. The maximum atomic E-state index is 11.9. The smallest absolute Gasteiger partial charge is 0.253 e. The number of hydrogen-bond donors (Lipinski definition) is 2. The summed E-state index contributed by atoms with van der Waals surface area (Å²) in [4.78, 5) is 15.8. The average Bonchev–Trinajstić information content (AvgIpc) is 2.29. The van der Waals surface area contributed by atoms with Gasteiger partial charge < -0.3 is 11.1 Å². The number of rotatable bonds is 4. The van der Waals surface area contributed by atoms with Crippen LogP contribution in [0.5, 0.6) is 0 Å². The second-order valence-electron chi connectivity index (χ2n) is 4.47. The highest BCUT2D eigenvalue weighted by Crippen LogP contribution is 2.15. The van der Waals surface area contributed by atoms with E-state index in [0.29, 0.717) is 12.1 Å². The summed E-state index contributed by atoms with van der Waals surface area (Å²) in [7, 11) is 0. The van der Waals surface area contributed by atoms with Crippen LogP contribution in [0.25, 0.3) is 0 Å². The van der Waals surface area contributed by atoms with Crippen molar-refractivity contribution < 1.29 is 4.79 Å². The van der Waals surface area contributed by atoms with Gasteiger partial charge in [-0.2, -0.15) is 0 Å². The molecular weight excluding hydrogens is 202 g/mol. The number of carbonyl (C=O) groups excluding carboxylic acids is 1. The summed E-state index contributed by atoms with van der Waals surface area (Å²) in [6, 6.07) is 3.48. The fraction of sp³-hybridized carbons (Fsp3) is 0.500. The van der Waals surface area contributed by atoms with Gasteiger partial charge in [0.15, 0.2) is 0 Å². The molecule has 0 aliphatic heterocycles. The molecule has 4 heteroatoms. The maximum absolute atomic E-state index is 11.9. The number of nitrogens with zero attached hydrogens (tertiary/aromatic N) is 1. The summed E-state index contributed by atoms with van der Waals surface area (Å²) in [5.41, 5.74) is 5.88. The van der Waals surface area contributed by atoms with Gasteiger partial charge in [-0.1, -0.05) is 13.8 Å². The summed E-state index contributed by atoms with van der Waals surface area (Å²) < 4.78 is 0. The van der Waals surface area contributed by atoms with Crippen molar-refractivity contribution in [3.05, 3.63) is 30.1 Å². The fourth-order valence-corrected chi connectivity index (χ4v) is 1.26. The average molecular weight is 221 g/mol. The lowest BCUT2D eigenvalue weighted by Crippen LogP contribution is -2.55. The minimum absolute atomic E-state index is 0.130. The lowest BCUT2D eigenvalue weighted by Gasteiger charge is -2.33. The summed E-state index contributed by atoms with van der Waals surface area (Å²) in [5.74, 6) is 0.146. The Morgan fingerprint density at radius 1 is 1.62 bits per heavy atom. The zero-order valence-corrected chi connectivity index (χ0v) is 10.0.